The molecule has 0 aromatic heterocycles. The Hall–Kier alpha value is -0.610. The third-order valence-electron chi connectivity index (χ3n) is 1.88. The molecule has 4 heteroatoms. The van der Waals surface area contributed by atoms with E-state index in [4.69, 9.17) is 5.11 Å². The first-order valence-electron chi connectivity index (χ1n) is 5.24. The van der Waals surface area contributed by atoms with Crippen molar-refractivity contribution in [3.63, 3.8) is 0 Å². The normalized spacial score (nSPS) is 14.9. The Morgan fingerprint density at radius 3 is 2.57 bits per heavy atom. The number of hydrogen-bond donors (Lipinski definition) is 3. The topological polar surface area (TPSA) is 61.4 Å². The lowest BCUT2D eigenvalue weighted by atomic mass is 10.1. The zero-order valence-corrected chi connectivity index (χ0v) is 9.34. The molecule has 0 aliphatic heterocycles. The molecule has 0 rings (SSSR count). The van der Waals surface area contributed by atoms with Crippen molar-refractivity contribution in [2.75, 3.05) is 13.1 Å². The van der Waals surface area contributed by atoms with Gasteiger partial charge in [0.15, 0.2) is 0 Å². The molecule has 0 saturated heterocycles. The van der Waals surface area contributed by atoms with E-state index in [0.717, 1.165) is 13.0 Å². The lowest BCUT2D eigenvalue weighted by molar-refractivity contribution is -0.120. The second-order valence-corrected chi connectivity index (χ2v) is 3.72. The predicted molar refractivity (Wildman–Crippen MR) is 57.1 cm³/mol. The van der Waals surface area contributed by atoms with E-state index in [9.17, 15) is 4.79 Å². The van der Waals surface area contributed by atoms with E-state index in [1.807, 2.05) is 13.8 Å². The molecule has 84 valence electrons. The molecule has 0 heterocycles. The molecule has 0 fully saturated rings. The Morgan fingerprint density at radius 2 is 2.07 bits per heavy atom. The Kier molecular flexibility index (Phi) is 7.42. The van der Waals surface area contributed by atoms with Crippen LogP contribution in [0.3, 0.4) is 0 Å². The van der Waals surface area contributed by atoms with E-state index in [2.05, 4.69) is 10.6 Å². The first kappa shape index (κ1) is 13.4. The second-order valence-electron chi connectivity index (χ2n) is 3.72. The van der Waals surface area contributed by atoms with Gasteiger partial charge in [0, 0.05) is 12.6 Å². The number of carbonyl (C=O) groups excluding carboxylic acids is 1. The van der Waals surface area contributed by atoms with Gasteiger partial charge in [-0.15, -0.1) is 0 Å². The summed E-state index contributed by atoms with van der Waals surface area (Å²) in [6, 6.07) is 0.169. The lowest BCUT2D eigenvalue weighted by Gasteiger charge is -2.14. The number of aliphatic hydroxyl groups is 1. The SMILES string of the molecule is CCCNC(=O)CNC(C)CC(C)O. The van der Waals surface area contributed by atoms with Crippen molar-refractivity contribution < 1.29 is 9.90 Å². The number of rotatable bonds is 7. The van der Waals surface area contributed by atoms with E-state index in [-0.39, 0.29) is 18.1 Å². The van der Waals surface area contributed by atoms with Crippen LogP contribution in [0.15, 0.2) is 0 Å². The summed E-state index contributed by atoms with van der Waals surface area (Å²) in [6.45, 7) is 6.78. The van der Waals surface area contributed by atoms with E-state index in [0.29, 0.717) is 13.0 Å². The summed E-state index contributed by atoms with van der Waals surface area (Å²) in [5, 5.41) is 14.9. The number of hydrogen-bond acceptors (Lipinski definition) is 3. The molecule has 4 nitrogen and oxygen atoms in total. The number of aliphatic hydroxyl groups excluding tert-OH is 1. The van der Waals surface area contributed by atoms with E-state index in [1.165, 1.54) is 0 Å². The quantitative estimate of drug-likeness (QED) is 0.555. The summed E-state index contributed by atoms with van der Waals surface area (Å²) in [4.78, 5) is 11.2. The van der Waals surface area contributed by atoms with E-state index >= 15 is 0 Å². The minimum absolute atomic E-state index is 0.0179. The third-order valence-corrected chi connectivity index (χ3v) is 1.88. The van der Waals surface area contributed by atoms with Gasteiger partial charge in [0.1, 0.15) is 0 Å². The number of carbonyl (C=O) groups is 1. The van der Waals surface area contributed by atoms with Gasteiger partial charge >= 0.3 is 0 Å². The first-order chi connectivity index (χ1) is 6.56. The molecule has 14 heavy (non-hydrogen) atoms. The molecular weight excluding hydrogens is 180 g/mol. The Labute approximate surface area is 86.1 Å². The van der Waals surface area contributed by atoms with Crippen molar-refractivity contribution in [3.05, 3.63) is 0 Å². The van der Waals surface area contributed by atoms with Gasteiger partial charge in [-0.1, -0.05) is 6.92 Å². The maximum Gasteiger partial charge on any atom is 0.233 e. The zero-order chi connectivity index (χ0) is 11.0. The second kappa shape index (κ2) is 7.76. The molecule has 3 N–H and O–H groups in total. The highest BCUT2D eigenvalue weighted by Crippen LogP contribution is 1.95. The Morgan fingerprint density at radius 1 is 1.43 bits per heavy atom. The summed E-state index contributed by atoms with van der Waals surface area (Å²) in [5.41, 5.74) is 0. The molecule has 0 aromatic rings. The summed E-state index contributed by atoms with van der Waals surface area (Å²) in [7, 11) is 0. The van der Waals surface area contributed by atoms with Crippen LogP contribution in [0, 0.1) is 0 Å². The minimum Gasteiger partial charge on any atom is -0.393 e. The smallest absolute Gasteiger partial charge is 0.233 e. The van der Waals surface area contributed by atoms with Gasteiger partial charge in [-0.25, -0.2) is 0 Å². The predicted octanol–water partition coefficient (Wildman–Crippen LogP) is 0.262. The van der Waals surface area contributed by atoms with Crippen LogP contribution < -0.4 is 10.6 Å². The fraction of sp³-hybridized carbons (Fsp3) is 0.900. The van der Waals surface area contributed by atoms with Crippen LogP contribution in [0.1, 0.15) is 33.6 Å². The van der Waals surface area contributed by atoms with Crippen LogP contribution >= 0.6 is 0 Å². The van der Waals surface area contributed by atoms with Crippen molar-refractivity contribution in [2.45, 2.75) is 45.8 Å². The van der Waals surface area contributed by atoms with Gasteiger partial charge in [-0.3, -0.25) is 4.79 Å². The van der Waals surface area contributed by atoms with Gasteiger partial charge in [0.25, 0.3) is 0 Å². The largest absolute Gasteiger partial charge is 0.393 e. The van der Waals surface area contributed by atoms with Crippen LogP contribution in [-0.4, -0.2) is 36.2 Å². The van der Waals surface area contributed by atoms with Crippen molar-refractivity contribution >= 4 is 5.91 Å². The van der Waals surface area contributed by atoms with Crippen LogP contribution in [0.5, 0.6) is 0 Å². The molecule has 0 bridgehead atoms. The molecule has 0 radical (unpaired) electrons. The van der Waals surface area contributed by atoms with Crippen molar-refractivity contribution in [3.8, 4) is 0 Å². The third kappa shape index (κ3) is 8.01. The molecule has 0 aromatic carbocycles. The van der Waals surface area contributed by atoms with Gasteiger partial charge < -0.3 is 15.7 Å². The highest BCUT2D eigenvalue weighted by molar-refractivity contribution is 5.77. The summed E-state index contributed by atoms with van der Waals surface area (Å²) >= 11 is 0. The molecule has 0 aliphatic carbocycles. The number of nitrogens with one attached hydrogen (secondary N) is 2. The standard InChI is InChI=1S/C10H22N2O2/c1-4-5-11-10(14)7-12-8(2)6-9(3)13/h8-9,12-13H,4-7H2,1-3H3,(H,11,14). The maximum absolute atomic E-state index is 11.2. The highest BCUT2D eigenvalue weighted by Gasteiger charge is 2.07. The summed E-state index contributed by atoms with van der Waals surface area (Å²) in [5.74, 6) is 0.0179. The molecule has 2 unspecified atom stereocenters. The van der Waals surface area contributed by atoms with Gasteiger partial charge in [0.05, 0.1) is 12.6 Å². The number of amides is 1. The molecule has 0 spiro atoms. The molecular formula is C10H22N2O2. The Bertz CT molecular complexity index is 160. The van der Waals surface area contributed by atoms with E-state index in [1.54, 1.807) is 6.92 Å². The fourth-order valence-electron chi connectivity index (χ4n) is 1.19. The van der Waals surface area contributed by atoms with Gasteiger partial charge in [-0.05, 0) is 26.7 Å². The van der Waals surface area contributed by atoms with Crippen LogP contribution in [0.25, 0.3) is 0 Å². The summed E-state index contributed by atoms with van der Waals surface area (Å²) in [6.07, 6.45) is 1.30. The van der Waals surface area contributed by atoms with Crippen LogP contribution in [0.2, 0.25) is 0 Å². The molecule has 0 aliphatic rings. The van der Waals surface area contributed by atoms with Crippen molar-refractivity contribution in [1.82, 2.24) is 10.6 Å². The molecule has 0 saturated carbocycles. The molecule has 2 atom stereocenters. The van der Waals surface area contributed by atoms with Crippen LogP contribution in [-0.2, 0) is 4.79 Å². The fourth-order valence-corrected chi connectivity index (χ4v) is 1.19. The van der Waals surface area contributed by atoms with Crippen molar-refractivity contribution in [2.24, 2.45) is 0 Å². The minimum atomic E-state index is -0.323. The maximum atomic E-state index is 11.2. The average Bonchev–Trinajstić information content (AvgIpc) is 2.10. The summed E-state index contributed by atoms with van der Waals surface area (Å²) < 4.78 is 0. The zero-order valence-electron chi connectivity index (χ0n) is 9.34. The van der Waals surface area contributed by atoms with Gasteiger partial charge in [0.2, 0.25) is 5.91 Å². The monoisotopic (exact) mass is 202 g/mol. The lowest BCUT2D eigenvalue weighted by Crippen LogP contribution is -2.39. The first-order valence-corrected chi connectivity index (χ1v) is 5.24. The molecule has 1 amide bonds. The van der Waals surface area contributed by atoms with Crippen molar-refractivity contribution in [1.29, 1.82) is 0 Å². The average molecular weight is 202 g/mol. The highest BCUT2D eigenvalue weighted by atomic mass is 16.3. The Balaban J connectivity index is 3.45. The van der Waals surface area contributed by atoms with Gasteiger partial charge in [-0.2, -0.15) is 0 Å². The van der Waals surface area contributed by atoms with E-state index < -0.39 is 0 Å². The van der Waals surface area contributed by atoms with Crippen LogP contribution in [0.4, 0.5) is 0 Å².